The third kappa shape index (κ3) is 5.45. The second kappa shape index (κ2) is 13.8. The molecule has 9 aromatic rings. The molecule has 1 spiro atoms. The molecule has 0 heterocycles. The highest BCUT2D eigenvalue weighted by Crippen LogP contribution is 2.63. The summed E-state index contributed by atoms with van der Waals surface area (Å²) in [4.78, 5) is 0. The van der Waals surface area contributed by atoms with E-state index in [9.17, 15) is 0 Å². The second-order valence-corrected chi connectivity index (χ2v) is 18.0. The van der Waals surface area contributed by atoms with Crippen molar-refractivity contribution in [3.63, 3.8) is 0 Å². The van der Waals surface area contributed by atoms with Crippen LogP contribution >= 0.6 is 0 Å². The Morgan fingerprint density at radius 2 is 0.738 bits per heavy atom. The number of rotatable bonds is 7. The van der Waals surface area contributed by atoms with Gasteiger partial charge in [-0.2, -0.15) is 0 Å². The van der Waals surface area contributed by atoms with Gasteiger partial charge >= 0.3 is 0 Å². The Kier molecular flexibility index (Phi) is 8.10. The van der Waals surface area contributed by atoms with Crippen molar-refractivity contribution in [1.82, 2.24) is 0 Å². The number of hydrogen-bond donors (Lipinski definition) is 0. The van der Waals surface area contributed by atoms with Crippen LogP contribution < -0.4 is 0 Å². The summed E-state index contributed by atoms with van der Waals surface area (Å²) >= 11 is 0. The van der Waals surface area contributed by atoms with E-state index in [4.69, 9.17) is 0 Å². The smallest absolute Gasteiger partial charge is 0.0622 e. The molecule has 0 N–H and O–H groups in total. The fourth-order valence-corrected chi connectivity index (χ4v) is 11.5. The molecule has 3 aliphatic carbocycles. The lowest BCUT2D eigenvalue weighted by Crippen LogP contribution is -2.26. The van der Waals surface area contributed by atoms with Gasteiger partial charge in [-0.3, -0.25) is 0 Å². The Bertz CT molecular complexity index is 3080. The molecule has 0 saturated heterocycles. The quantitative estimate of drug-likeness (QED) is 0.151. The van der Waals surface area contributed by atoms with Gasteiger partial charge in [0.1, 0.15) is 0 Å². The summed E-state index contributed by atoms with van der Waals surface area (Å²) in [5.41, 5.74) is 25.4. The third-order valence-electron chi connectivity index (χ3n) is 14.4. The molecule has 0 nitrogen and oxygen atoms in total. The van der Waals surface area contributed by atoms with Gasteiger partial charge in [-0.1, -0.05) is 220 Å². The molecular formula is C61H46. The predicted molar refractivity (Wildman–Crippen MR) is 254 cm³/mol. The van der Waals surface area contributed by atoms with E-state index in [-0.39, 0.29) is 16.7 Å². The lowest BCUT2D eigenvalue weighted by molar-refractivity contribution is 0.660. The largest absolute Gasteiger partial charge is 0.0725 e. The second-order valence-electron chi connectivity index (χ2n) is 18.0. The van der Waals surface area contributed by atoms with Crippen molar-refractivity contribution < 1.29 is 0 Å². The summed E-state index contributed by atoms with van der Waals surface area (Å²) in [5.74, 6) is 0.287. The van der Waals surface area contributed by atoms with Crippen molar-refractivity contribution >= 4 is 0 Å². The zero-order chi connectivity index (χ0) is 40.7. The minimum absolute atomic E-state index is 0.0120. The molecule has 0 saturated carbocycles. The highest BCUT2D eigenvalue weighted by atomic mass is 14.5. The van der Waals surface area contributed by atoms with Crippen molar-refractivity contribution in [2.45, 2.75) is 43.4 Å². The van der Waals surface area contributed by atoms with Crippen molar-refractivity contribution in [2.24, 2.45) is 0 Å². The molecule has 1 atom stereocenters. The molecule has 0 fully saturated rings. The Balaban J connectivity index is 0.923. The summed E-state index contributed by atoms with van der Waals surface area (Å²) in [5, 5.41) is 0. The zero-order valence-corrected chi connectivity index (χ0v) is 34.7. The Labute approximate surface area is 359 Å². The molecule has 0 radical (unpaired) electrons. The SMILES string of the molecule is CC1(C)c2ccccc2-c2cc(-c3ccc(CC(Cc4ccc5c(c4)C4(c6ccccc6-c6ccccc64)c4ccccc4-5)c4ccc(-c5ccccc5)cc4)cc3)ccc21. The lowest BCUT2D eigenvalue weighted by atomic mass is 9.70. The van der Waals surface area contributed by atoms with E-state index in [0.29, 0.717) is 0 Å². The first-order valence-corrected chi connectivity index (χ1v) is 21.9. The summed E-state index contributed by atoms with van der Waals surface area (Å²) in [6, 6.07) is 80.3. The predicted octanol–water partition coefficient (Wildman–Crippen LogP) is 15.2. The monoisotopic (exact) mass is 778 g/mol. The van der Waals surface area contributed by atoms with Crippen molar-refractivity contribution in [1.29, 1.82) is 0 Å². The Morgan fingerprint density at radius 1 is 0.311 bits per heavy atom. The Morgan fingerprint density at radius 3 is 1.36 bits per heavy atom. The van der Waals surface area contributed by atoms with Gasteiger partial charge in [-0.05, 0) is 131 Å². The van der Waals surface area contributed by atoms with Crippen LogP contribution in [0.2, 0.25) is 0 Å². The first-order valence-electron chi connectivity index (χ1n) is 21.9. The maximum absolute atomic E-state index is 2.57. The fourth-order valence-electron chi connectivity index (χ4n) is 11.5. The normalized spacial score (nSPS) is 14.7. The van der Waals surface area contributed by atoms with Gasteiger partial charge in [0.15, 0.2) is 0 Å². The molecule has 3 aliphatic rings. The lowest BCUT2D eigenvalue weighted by Gasteiger charge is -2.31. The van der Waals surface area contributed by atoms with E-state index in [2.05, 4.69) is 226 Å². The number of hydrogen-bond acceptors (Lipinski definition) is 0. The van der Waals surface area contributed by atoms with E-state index >= 15 is 0 Å². The molecular weight excluding hydrogens is 733 g/mol. The van der Waals surface area contributed by atoms with Gasteiger partial charge in [0.2, 0.25) is 0 Å². The van der Waals surface area contributed by atoms with Gasteiger partial charge in [0.25, 0.3) is 0 Å². The minimum Gasteiger partial charge on any atom is -0.0622 e. The molecule has 1 unspecified atom stereocenters. The Hall–Kier alpha value is -7.02. The van der Waals surface area contributed by atoms with E-state index in [0.717, 1.165) is 12.8 Å². The fraction of sp³-hybridized carbons (Fsp3) is 0.115. The molecule has 0 amide bonds. The topological polar surface area (TPSA) is 0 Å². The van der Waals surface area contributed by atoms with Crippen LogP contribution in [-0.4, -0.2) is 0 Å². The van der Waals surface area contributed by atoms with Gasteiger partial charge in [-0.25, -0.2) is 0 Å². The maximum atomic E-state index is 2.57. The van der Waals surface area contributed by atoms with E-state index in [1.54, 1.807) is 0 Å². The highest BCUT2D eigenvalue weighted by Gasteiger charge is 2.51. The third-order valence-corrected chi connectivity index (χ3v) is 14.4. The summed E-state index contributed by atoms with van der Waals surface area (Å²) in [7, 11) is 0. The average molecular weight is 779 g/mol. The molecule has 61 heavy (non-hydrogen) atoms. The highest BCUT2D eigenvalue weighted by molar-refractivity contribution is 5.95. The van der Waals surface area contributed by atoms with Crippen LogP contribution in [0.1, 0.15) is 69.8 Å². The van der Waals surface area contributed by atoms with Gasteiger partial charge in [-0.15, -0.1) is 0 Å². The molecule has 0 aliphatic heterocycles. The molecule has 0 aromatic heterocycles. The number of benzene rings is 9. The standard InChI is InChI=1S/C61H46/c1-60(2)54-20-10-6-19-51(54)53-39-46(33-35-55(53)60)44-27-24-40(25-28-44)36-47(45-31-29-43(30-32-45)42-14-4-3-5-15-42)37-41-26-34-52-50-18-9-13-23-58(50)61(59(52)38-41)56-21-11-7-16-48(56)49-17-8-12-22-57(49)61/h3-35,38-39,47H,36-37H2,1-2H3. The van der Waals surface area contributed by atoms with E-state index in [1.165, 1.54) is 106 Å². The molecule has 12 rings (SSSR count). The summed E-state index contributed by atoms with van der Waals surface area (Å²) < 4.78 is 0. The molecule has 9 aromatic carbocycles. The van der Waals surface area contributed by atoms with Gasteiger partial charge in [0.05, 0.1) is 5.41 Å². The van der Waals surface area contributed by atoms with Gasteiger partial charge in [0, 0.05) is 5.41 Å². The average Bonchev–Trinajstić information content (AvgIpc) is 3.87. The molecule has 0 bridgehead atoms. The van der Waals surface area contributed by atoms with Crippen LogP contribution in [0.15, 0.2) is 212 Å². The van der Waals surface area contributed by atoms with Crippen molar-refractivity contribution in [2.75, 3.05) is 0 Å². The zero-order valence-electron chi connectivity index (χ0n) is 34.7. The van der Waals surface area contributed by atoms with Crippen LogP contribution in [0.25, 0.3) is 55.6 Å². The summed E-state index contributed by atoms with van der Waals surface area (Å²) in [6.07, 6.45) is 1.89. The van der Waals surface area contributed by atoms with Crippen LogP contribution in [-0.2, 0) is 23.7 Å². The van der Waals surface area contributed by atoms with Crippen molar-refractivity contribution in [3.8, 4) is 55.6 Å². The minimum atomic E-state index is -0.340. The number of fused-ring (bicyclic) bond motifs is 13. The van der Waals surface area contributed by atoms with Crippen LogP contribution in [0, 0.1) is 0 Å². The maximum Gasteiger partial charge on any atom is 0.0725 e. The first kappa shape index (κ1) is 35.9. The molecule has 290 valence electrons. The van der Waals surface area contributed by atoms with E-state index < -0.39 is 0 Å². The van der Waals surface area contributed by atoms with Crippen LogP contribution in [0.4, 0.5) is 0 Å². The van der Waals surface area contributed by atoms with Crippen molar-refractivity contribution in [3.05, 3.63) is 262 Å². The molecule has 0 heteroatoms. The van der Waals surface area contributed by atoms with Gasteiger partial charge < -0.3 is 0 Å². The summed E-state index contributed by atoms with van der Waals surface area (Å²) in [6.45, 7) is 4.70. The van der Waals surface area contributed by atoms with E-state index in [1.807, 2.05) is 0 Å². The first-order chi connectivity index (χ1) is 30.0. The van der Waals surface area contributed by atoms with Crippen LogP contribution in [0.5, 0.6) is 0 Å². The van der Waals surface area contributed by atoms with Crippen LogP contribution in [0.3, 0.4) is 0 Å².